The summed E-state index contributed by atoms with van der Waals surface area (Å²) in [5, 5.41) is 10.4. The molecule has 1 heterocycles. The minimum absolute atomic E-state index is 0.170. The Labute approximate surface area is 227 Å². The first-order valence-corrected chi connectivity index (χ1v) is 14.6. The minimum atomic E-state index is -0.743. The molecule has 3 aromatic carbocycles. The maximum Gasteiger partial charge on any atom is 0.304 e. The third-order valence-electron chi connectivity index (χ3n) is 5.85. The van der Waals surface area contributed by atoms with Gasteiger partial charge < -0.3 is 5.11 Å². The van der Waals surface area contributed by atoms with Gasteiger partial charge in [0.15, 0.2) is 0 Å². The van der Waals surface area contributed by atoms with Crippen LogP contribution in [0.25, 0.3) is 10.9 Å². The van der Waals surface area contributed by atoms with Crippen LogP contribution in [0.15, 0.2) is 78.9 Å². The molecule has 37 heavy (non-hydrogen) atoms. The summed E-state index contributed by atoms with van der Waals surface area (Å²) in [6.45, 7) is 12.0. The van der Waals surface area contributed by atoms with Crippen molar-refractivity contribution in [3.05, 3.63) is 112 Å². The Hall–Kier alpha value is -3.11. The average molecular weight is 516 g/mol. The number of aliphatic carboxylic acids is 1. The van der Waals surface area contributed by atoms with Crippen LogP contribution in [0.1, 0.15) is 86.7 Å². The van der Waals surface area contributed by atoms with Crippen molar-refractivity contribution in [3.63, 3.8) is 0 Å². The van der Waals surface area contributed by atoms with Crippen molar-refractivity contribution in [1.29, 1.82) is 0 Å². The van der Waals surface area contributed by atoms with Gasteiger partial charge in [-0.25, -0.2) is 0 Å². The lowest BCUT2D eigenvalue weighted by molar-refractivity contribution is -0.136. The fourth-order valence-electron chi connectivity index (χ4n) is 4.34. The number of benzene rings is 3. The van der Waals surface area contributed by atoms with Crippen molar-refractivity contribution in [2.45, 2.75) is 66.1 Å². The molecule has 1 aromatic heterocycles. The van der Waals surface area contributed by atoms with Crippen LogP contribution < -0.4 is 0 Å². The molecule has 0 saturated heterocycles. The second-order valence-electron chi connectivity index (χ2n) is 7.98. The number of aromatic nitrogens is 1. The van der Waals surface area contributed by atoms with E-state index in [4.69, 9.17) is 10.1 Å². The van der Waals surface area contributed by atoms with Crippen LogP contribution in [0.5, 0.6) is 0 Å². The second-order valence-corrected chi connectivity index (χ2v) is 9.19. The fraction of sp³-hybridized carbons (Fsp3) is 0.333. The molecule has 0 spiro atoms. The third kappa shape index (κ3) is 7.93. The van der Waals surface area contributed by atoms with Gasteiger partial charge in [0.05, 0.1) is 17.2 Å². The zero-order chi connectivity index (χ0) is 27.2. The van der Waals surface area contributed by atoms with Crippen LogP contribution >= 0.6 is 11.8 Å². The highest BCUT2D eigenvalue weighted by molar-refractivity contribution is 7.99. The van der Waals surface area contributed by atoms with Crippen molar-refractivity contribution in [3.8, 4) is 0 Å². The summed E-state index contributed by atoms with van der Waals surface area (Å²) in [5.74, 6) is -0.141. The molecule has 1 N–H and O–H groups in total. The lowest BCUT2D eigenvalue weighted by Crippen LogP contribution is -2.13. The van der Waals surface area contributed by atoms with Gasteiger partial charge in [-0.3, -0.25) is 9.78 Å². The largest absolute Gasteiger partial charge is 0.481 e. The predicted molar refractivity (Wildman–Crippen MR) is 161 cm³/mol. The van der Waals surface area contributed by atoms with Gasteiger partial charge in [0.1, 0.15) is 0 Å². The molecule has 5 rings (SSSR count). The van der Waals surface area contributed by atoms with Crippen molar-refractivity contribution in [2.75, 3.05) is 5.75 Å². The minimum Gasteiger partial charge on any atom is -0.481 e. The Kier molecular flexibility index (Phi) is 12.9. The summed E-state index contributed by atoms with van der Waals surface area (Å²) < 4.78 is 0. The Morgan fingerprint density at radius 1 is 0.838 bits per heavy atom. The van der Waals surface area contributed by atoms with E-state index in [1.807, 2.05) is 53.7 Å². The highest BCUT2D eigenvalue weighted by atomic mass is 32.2. The quantitative estimate of drug-likeness (QED) is 0.278. The summed E-state index contributed by atoms with van der Waals surface area (Å²) in [6, 6.07) is 27.7. The van der Waals surface area contributed by atoms with Crippen LogP contribution in [-0.2, 0) is 17.6 Å². The normalized spacial score (nSPS) is 12.9. The smallest absolute Gasteiger partial charge is 0.304 e. The molecule has 196 valence electrons. The van der Waals surface area contributed by atoms with Crippen molar-refractivity contribution in [2.24, 2.45) is 0 Å². The molecule has 0 radical (unpaired) electrons. The highest BCUT2D eigenvalue weighted by Crippen LogP contribution is 2.44. The number of nitrogens with zero attached hydrogens (tertiary/aromatic N) is 1. The fourth-order valence-corrected chi connectivity index (χ4v) is 5.68. The van der Waals surface area contributed by atoms with Crippen LogP contribution in [0.3, 0.4) is 0 Å². The topological polar surface area (TPSA) is 50.2 Å². The lowest BCUT2D eigenvalue weighted by atomic mass is 9.84. The summed E-state index contributed by atoms with van der Waals surface area (Å²) in [7, 11) is 0. The van der Waals surface area contributed by atoms with Crippen molar-refractivity contribution < 1.29 is 9.90 Å². The number of hydrogen-bond donors (Lipinski definition) is 1. The maximum atomic E-state index is 11.1. The molecule has 4 heteroatoms. The molecule has 0 aliphatic heterocycles. The molecule has 0 saturated carbocycles. The van der Waals surface area contributed by atoms with E-state index in [2.05, 4.69) is 66.7 Å². The van der Waals surface area contributed by atoms with Crippen molar-refractivity contribution in [1.82, 2.24) is 4.98 Å². The maximum absolute atomic E-state index is 11.1. The van der Waals surface area contributed by atoms with Crippen LogP contribution in [0, 0.1) is 0 Å². The summed E-state index contributed by atoms with van der Waals surface area (Å²) in [6.07, 6.45) is 1.89. The van der Waals surface area contributed by atoms with E-state index in [1.54, 1.807) is 11.8 Å². The van der Waals surface area contributed by atoms with Crippen LogP contribution in [0.2, 0.25) is 0 Å². The van der Waals surface area contributed by atoms with E-state index in [1.165, 1.54) is 27.8 Å². The Balaban J connectivity index is 0.000000750. The monoisotopic (exact) mass is 515 g/mol. The number of thioether (sulfide) groups is 1. The molecule has 0 bridgehead atoms. The molecule has 4 aromatic rings. The Morgan fingerprint density at radius 2 is 1.51 bits per heavy atom. The number of hydrogen-bond acceptors (Lipinski definition) is 3. The van der Waals surface area contributed by atoms with Crippen LogP contribution in [-0.4, -0.2) is 21.8 Å². The van der Waals surface area contributed by atoms with Gasteiger partial charge >= 0.3 is 5.97 Å². The number of pyridine rings is 1. The van der Waals surface area contributed by atoms with E-state index < -0.39 is 5.97 Å². The predicted octanol–water partition coefficient (Wildman–Crippen LogP) is 9.11. The number of rotatable bonds is 6. The summed E-state index contributed by atoms with van der Waals surface area (Å²) in [4.78, 5) is 15.9. The molecular weight excluding hydrogens is 474 g/mol. The number of para-hydroxylation sites is 1. The lowest BCUT2D eigenvalue weighted by Gasteiger charge is -2.28. The molecule has 0 fully saturated rings. The molecule has 1 atom stereocenters. The summed E-state index contributed by atoms with van der Waals surface area (Å²) >= 11 is 1.73. The first-order chi connectivity index (χ1) is 18.2. The number of carbonyl (C=O) groups is 1. The van der Waals surface area contributed by atoms with E-state index in [-0.39, 0.29) is 11.7 Å². The van der Waals surface area contributed by atoms with E-state index in [0.29, 0.717) is 5.75 Å². The van der Waals surface area contributed by atoms with E-state index in [9.17, 15) is 4.79 Å². The number of carboxylic acids is 1. The van der Waals surface area contributed by atoms with Gasteiger partial charge in [-0.2, -0.15) is 0 Å². The first kappa shape index (κ1) is 30.1. The SMILES string of the molecule is CC.CC.CC.O=C(O)CCS[C@@H]1c2ccccc2Cc2ccc(Cc3ccc4ccccc4n3)cc21. The Morgan fingerprint density at radius 3 is 2.27 bits per heavy atom. The van der Waals surface area contributed by atoms with Gasteiger partial charge in [0.2, 0.25) is 0 Å². The highest BCUT2D eigenvalue weighted by Gasteiger charge is 2.26. The zero-order valence-electron chi connectivity index (χ0n) is 23.1. The van der Waals surface area contributed by atoms with Gasteiger partial charge in [-0.1, -0.05) is 108 Å². The molecular formula is C33H41NO2S. The summed E-state index contributed by atoms with van der Waals surface area (Å²) in [5.41, 5.74) is 8.62. The van der Waals surface area contributed by atoms with E-state index >= 15 is 0 Å². The molecule has 1 aliphatic carbocycles. The number of fused-ring (bicyclic) bond motifs is 3. The van der Waals surface area contributed by atoms with E-state index in [0.717, 1.165) is 29.4 Å². The third-order valence-corrected chi connectivity index (χ3v) is 7.13. The average Bonchev–Trinajstić information content (AvgIpc) is 2.96. The van der Waals surface area contributed by atoms with Gasteiger partial charge in [0, 0.05) is 23.3 Å². The van der Waals surface area contributed by atoms with Gasteiger partial charge in [-0.15, -0.1) is 11.8 Å². The van der Waals surface area contributed by atoms with Crippen molar-refractivity contribution >= 4 is 28.6 Å². The zero-order valence-corrected chi connectivity index (χ0v) is 23.9. The van der Waals surface area contributed by atoms with Gasteiger partial charge in [0.25, 0.3) is 0 Å². The molecule has 1 aliphatic rings. The van der Waals surface area contributed by atoms with Crippen LogP contribution in [0.4, 0.5) is 0 Å². The number of carboxylic acid groups (broad SMARTS) is 1. The standard InChI is InChI=1S/C27H23NO2S.3C2H6/c29-26(30)13-14-31-27-23-7-3-1-6-20(23)17-21-10-9-18(16-24(21)27)15-22-12-11-19-5-2-4-8-25(19)28-22;3*1-2/h1-12,16,27H,13-15,17H2,(H,29,30);3*1-2H3/t27-;;;/m1.../s1. The first-order valence-electron chi connectivity index (χ1n) is 13.5. The Bertz CT molecular complexity index is 1270. The van der Waals surface area contributed by atoms with Gasteiger partial charge in [-0.05, 0) is 46.4 Å². The second kappa shape index (κ2) is 15.9. The molecule has 0 unspecified atom stereocenters. The molecule has 0 amide bonds. The molecule has 3 nitrogen and oxygen atoms in total.